The van der Waals surface area contributed by atoms with Crippen molar-refractivity contribution in [3.63, 3.8) is 0 Å². The minimum Gasteiger partial charge on any atom is -0.337 e. The average molecular weight is 207 g/mol. The van der Waals surface area contributed by atoms with Gasteiger partial charge in [-0.3, -0.25) is 4.79 Å². The summed E-state index contributed by atoms with van der Waals surface area (Å²) in [6.45, 7) is 2.26. The number of carbonyl (C=O) groups is 1. The maximum absolute atomic E-state index is 11.1. The van der Waals surface area contributed by atoms with E-state index >= 15 is 0 Å². The van der Waals surface area contributed by atoms with Gasteiger partial charge in [0.15, 0.2) is 0 Å². The lowest BCUT2D eigenvalue weighted by Gasteiger charge is -1.98. The number of halogens is 1. The first-order chi connectivity index (χ1) is 5.65. The average Bonchev–Trinajstić information content (AvgIpc) is 2.30. The SMILES string of the molecule is CCNC(=O)n1sc(Cl)cc1=O. The molecule has 66 valence electrons. The molecule has 0 spiro atoms. The van der Waals surface area contributed by atoms with Crippen LogP contribution in [0.25, 0.3) is 0 Å². The minimum atomic E-state index is -0.431. The molecule has 0 aliphatic carbocycles. The molecule has 1 N–H and O–H groups in total. The van der Waals surface area contributed by atoms with E-state index < -0.39 is 11.6 Å². The molecule has 0 bridgehead atoms. The molecule has 6 heteroatoms. The fourth-order valence-electron chi connectivity index (χ4n) is 0.679. The highest BCUT2D eigenvalue weighted by Crippen LogP contribution is 2.11. The minimum absolute atomic E-state index is 0.311. The summed E-state index contributed by atoms with van der Waals surface area (Å²) >= 11 is 6.45. The van der Waals surface area contributed by atoms with Gasteiger partial charge in [-0.1, -0.05) is 11.6 Å². The molecule has 0 unspecified atom stereocenters. The summed E-state index contributed by atoms with van der Waals surface area (Å²) in [7, 11) is 0. The molecule has 0 aliphatic rings. The van der Waals surface area contributed by atoms with Crippen LogP contribution < -0.4 is 10.9 Å². The lowest BCUT2D eigenvalue weighted by atomic mass is 10.7. The van der Waals surface area contributed by atoms with Gasteiger partial charge in [0.05, 0.1) is 0 Å². The van der Waals surface area contributed by atoms with Crippen LogP contribution in [0.4, 0.5) is 4.79 Å². The molecule has 1 rings (SSSR count). The highest BCUT2D eigenvalue weighted by molar-refractivity contribution is 7.12. The van der Waals surface area contributed by atoms with Crippen molar-refractivity contribution in [3.8, 4) is 0 Å². The van der Waals surface area contributed by atoms with Crippen molar-refractivity contribution >= 4 is 29.2 Å². The van der Waals surface area contributed by atoms with E-state index in [0.29, 0.717) is 10.9 Å². The Morgan fingerprint density at radius 3 is 2.92 bits per heavy atom. The van der Waals surface area contributed by atoms with E-state index in [1.54, 1.807) is 6.92 Å². The Bertz CT molecular complexity index is 344. The van der Waals surface area contributed by atoms with E-state index in [9.17, 15) is 9.59 Å². The Morgan fingerprint density at radius 2 is 2.50 bits per heavy atom. The Hall–Kier alpha value is -0.810. The third-order valence-electron chi connectivity index (χ3n) is 1.13. The van der Waals surface area contributed by atoms with Crippen molar-refractivity contribution in [3.05, 3.63) is 20.8 Å². The van der Waals surface area contributed by atoms with Gasteiger partial charge < -0.3 is 5.32 Å². The highest BCUT2D eigenvalue weighted by atomic mass is 35.5. The number of hydrogen-bond donors (Lipinski definition) is 1. The fourth-order valence-corrected chi connectivity index (χ4v) is 1.60. The Balaban J connectivity index is 2.95. The van der Waals surface area contributed by atoms with E-state index in [1.807, 2.05) is 0 Å². The van der Waals surface area contributed by atoms with Crippen LogP contribution >= 0.6 is 23.1 Å². The number of nitrogens with zero attached hydrogens (tertiary/aromatic N) is 1. The molecular formula is C6H7ClN2O2S. The van der Waals surface area contributed by atoms with E-state index in [2.05, 4.69) is 5.32 Å². The van der Waals surface area contributed by atoms with E-state index in [0.717, 1.165) is 15.5 Å². The summed E-state index contributed by atoms with van der Waals surface area (Å²) in [6.07, 6.45) is 0. The number of hydrogen-bond acceptors (Lipinski definition) is 3. The van der Waals surface area contributed by atoms with Gasteiger partial charge in [-0.25, -0.2) is 4.79 Å². The van der Waals surface area contributed by atoms with E-state index in [-0.39, 0.29) is 0 Å². The number of amides is 1. The van der Waals surface area contributed by atoms with Crippen molar-refractivity contribution in [1.29, 1.82) is 0 Å². The van der Waals surface area contributed by atoms with Crippen LogP contribution in [0, 0.1) is 0 Å². The Labute approximate surface area is 77.9 Å². The first-order valence-electron chi connectivity index (χ1n) is 3.32. The fraction of sp³-hybridized carbons (Fsp3) is 0.333. The van der Waals surface area contributed by atoms with Gasteiger partial charge in [0.2, 0.25) is 0 Å². The molecule has 0 radical (unpaired) electrons. The normalized spacial score (nSPS) is 9.83. The molecule has 0 saturated heterocycles. The summed E-state index contributed by atoms with van der Waals surface area (Å²) in [4.78, 5) is 22.1. The number of rotatable bonds is 1. The molecular weight excluding hydrogens is 200 g/mol. The van der Waals surface area contributed by atoms with Crippen molar-refractivity contribution in [2.75, 3.05) is 6.54 Å². The summed E-state index contributed by atoms with van der Waals surface area (Å²) in [5.41, 5.74) is -0.393. The predicted molar refractivity (Wildman–Crippen MR) is 48.1 cm³/mol. The van der Waals surface area contributed by atoms with E-state index in [4.69, 9.17) is 11.6 Å². The van der Waals surface area contributed by atoms with Crippen molar-refractivity contribution < 1.29 is 4.79 Å². The van der Waals surface area contributed by atoms with Crippen LogP contribution in [0.15, 0.2) is 10.9 Å². The second kappa shape index (κ2) is 3.73. The highest BCUT2D eigenvalue weighted by Gasteiger charge is 2.08. The van der Waals surface area contributed by atoms with Crippen LogP contribution in [0.3, 0.4) is 0 Å². The van der Waals surface area contributed by atoms with Crippen molar-refractivity contribution in [2.45, 2.75) is 6.92 Å². The monoisotopic (exact) mass is 206 g/mol. The summed E-state index contributed by atoms with van der Waals surface area (Å²) in [5.74, 6) is 0. The quantitative estimate of drug-likeness (QED) is 0.749. The molecule has 0 saturated carbocycles. The zero-order valence-electron chi connectivity index (χ0n) is 6.33. The molecule has 0 aliphatic heterocycles. The summed E-state index contributed by atoms with van der Waals surface area (Å²) in [6, 6.07) is 0.779. The first-order valence-corrected chi connectivity index (χ1v) is 4.47. The second-order valence-corrected chi connectivity index (χ2v) is 3.63. The van der Waals surface area contributed by atoms with Crippen LogP contribution in [0.5, 0.6) is 0 Å². The number of carbonyl (C=O) groups excluding carboxylic acids is 1. The van der Waals surface area contributed by atoms with Crippen molar-refractivity contribution in [2.24, 2.45) is 0 Å². The largest absolute Gasteiger partial charge is 0.338 e. The maximum Gasteiger partial charge on any atom is 0.338 e. The van der Waals surface area contributed by atoms with Gasteiger partial charge in [0.1, 0.15) is 4.34 Å². The molecule has 0 fully saturated rings. The maximum atomic E-state index is 11.1. The van der Waals surface area contributed by atoms with Crippen LogP contribution in [-0.2, 0) is 0 Å². The molecule has 1 aromatic rings. The van der Waals surface area contributed by atoms with Gasteiger partial charge in [-0.15, -0.1) is 0 Å². The molecule has 4 nitrogen and oxygen atoms in total. The molecule has 0 atom stereocenters. The molecule has 1 heterocycles. The molecule has 1 amide bonds. The standard InChI is InChI=1S/C6H7ClN2O2S/c1-2-8-6(11)9-5(10)3-4(7)12-9/h3H,2H2,1H3,(H,8,11). The summed E-state index contributed by atoms with van der Waals surface area (Å²) in [5, 5.41) is 2.49. The van der Waals surface area contributed by atoms with Gasteiger partial charge in [0.25, 0.3) is 5.56 Å². The smallest absolute Gasteiger partial charge is 0.337 e. The second-order valence-electron chi connectivity index (χ2n) is 2.01. The summed E-state index contributed by atoms with van der Waals surface area (Å²) < 4.78 is 1.29. The van der Waals surface area contributed by atoms with Gasteiger partial charge in [0, 0.05) is 12.6 Å². The predicted octanol–water partition coefficient (Wildman–Crippen LogP) is 1.14. The molecule has 0 aromatic carbocycles. The third-order valence-corrected chi connectivity index (χ3v) is 2.26. The van der Waals surface area contributed by atoms with Gasteiger partial charge in [-0.2, -0.15) is 3.96 Å². The molecule has 12 heavy (non-hydrogen) atoms. The molecule has 1 aromatic heterocycles. The van der Waals surface area contributed by atoms with Crippen molar-refractivity contribution in [1.82, 2.24) is 9.27 Å². The topological polar surface area (TPSA) is 51.1 Å². The zero-order valence-corrected chi connectivity index (χ0v) is 7.91. The van der Waals surface area contributed by atoms with Gasteiger partial charge in [-0.05, 0) is 18.5 Å². The van der Waals surface area contributed by atoms with Crippen LogP contribution in [0.1, 0.15) is 6.92 Å². The third kappa shape index (κ3) is 1.86. The Morgan fingerprint density at radius 1 is 1.83 bits per heavy atom. The number of nitrogens with one attached hydrogen (secondary N) is 1. The Kier molecular flexibility index (Phi) is 2.88. The number of aromatic nitrogens is 1. The zero-order chi connectivity index (χ0) is 9.14. The van der Waals surface area contributed by atoms with Gasteiger partial charge >= 0.3 is 6.03 Å². The van der Waals surface area contributed by atoms with Crippen LogP contribution in [-0.4, -0.2) is 16.5 Å². The van der Waals surface area contributed by atoms with Crippen LogP contribution in [0.2, 0.25) is 4.34 Å². The van der Waals surface area contributed by atoms with E-state index in [1.165, 1.54) is 6.07 Å². The first kappa shape index (κ1) is 9.28. The lowest BCUT2D eigenvalue weighted by Crippen LogP contribution is -2.32. The lowest BCUT2D eigenvalue weighted by molar-refractivity contribution is 0.244.